The monoisotopic (exact) mass is 433 g/mol. The Balaban J connectivity index is 1.91. The number of hydrogen-bond donors (Lipinski definition) is 1. The zero-order chi connectivity index (χ0) is 21.1. The Labute approximate surface area is 175 Å². The number of benzene rings is 1. The number of esters is 1. The molecule has 0 aliphatic carbocycles. The molecule has 3 rings (SSSR count). The van der Waals surface area contributed by atoms with Crippen LogP contribution in [0.25, 0.3) is 0 Å². The van der Waals surface area contributed by atoms with Crippen LogP contribution in [0.2, 0.25) is 0 Å². The summed E-state index contributed by atoms with van der Waals surface area (Å²) < 4.78 is 5.07. The molecule has 9 heteroatoms. The molecule has 0 spiro atoms. The number of thioether (sulfide) groups is 1. The van der Waals surface area contributed by atoms with Crippen LogP contribution in [0.3, 0.4) is 0 Å². The van der Waals surface area contributed by atoms with E-state index in [-0.39, 0.29) is 29.2 Å². The SMILES string of the molecule is CCOC(=O)c1cc(CC)sc1N1C(=O)C[C@H](Sc2ccccc2C(=O)O)C1=O. The van der Waals surface area contributed by atoms with Crippen LogP contribution in [0, 0.1) is 0 Å². The number of hydrogen-bond acceptors (Lipinski definition) is 7. The highest BCUT2D eigenvalue weighted by atomic mass is 32.2. The number of carbonyl (C=O) groups excluding carboxylic acids is 3. The summed E-state index contributed by atoms with van der Waals surface area (Å²) in [4.78, 5) is 51.7. The quantitative estimate of drug-likeness (QED) is 0.526. The Hall–Kier alpha value is -2.65. The van der Waals surface area contributed by atoms with Crippen molar-refractivity contribution in [1.29, 1.82) is 0 Å². The maximum atomic E-state index is 13.0. The molecule has 1 aromatic carbocycles. The molecule has 152 valence electrons. The number of imide groups is 1. The fourth-order valence-electron chi connectivity index (χ4n) is 2.94. The summed E-state index contributed by atoms with van der Waals surface area (Å²) in [5, 5.41) is 8.85. The van der Waals surface area contributed by atoms with Gasteiger partial charge in [-0.05, 0) is 31.5 Å². The van der Waals surface area contributed by atoms with Gasteiger partial charge >= 0.3 is 11.9 Å². The van der Waals surface area contributed by atoms with Crippen LogP contribution in [0.1, 0.15) is 45.9 Å². The van der Waals surface area contributed by atoms with E-state index in [1.165, 1.54) is 17.4 Å². The van der Waals surface area contributed by atoms with Crippen molar-refractivity contribution in [3.8, 4) is 0 Å². The van der Waals surface area contributed by atoms with Crippen molar-refractivity contribution >= 4 is 51.9 Å². The average molecular weight is 434 g/mol. The second-order valence-electron chi connectivity index (χ2n) is 6.18. The highest BCUT2D eigenvalue weighted by molar-refractivity contribution is 8.00. The number of anilines is 1. The van der Waals surface area contributed by atoms with Gasteiger partial charge < -0.3 is 9.84 Å². The third-order valence-corrected chi connectivity index (χ3v) is 6.83. The van der Waals surface area contributed by atoms with E-state index in [9.17, 15) is 24.3 Å². The summed E-state index contributed by atoms with van der Waals surface area (Å²) in [5.74, 6) is -2.56. The predicted molar refractivity (Wildman–Crippen MR) is 110 cm³/mol. The standard InChI is InChI=1S/C20H19NO6S2/c1-3-11-9-13(20(26)27-4-2)18(28-11)21-16(22)10-15(17(21)23)29-14-8-6-5-7-12(14)19(24)25/h5-9,15H,3-4,10H2,1-2H3,(H,24,25)/t15-/m0/s1. The molecule has 2 aromatic rings. The highest BCUT2D eigenvalue weighted by Gasteiger charge is 2.43. The van der Waals surface area contributed by atoms with Gasteiger partial charge in [0, 0.05) is 16.2 Å². The minimum absolute atomic E-state index is 0.0704. The summed E-state index contributed by atoms with van der Waals surface area (Å²) in [5.41, 5.74) is 0.278. The van der Waals surface area contributed by atoms with Gasteiger partial charge in [0.1, 0.15) is 5.00 Å². The maximum absolute atomic E-state index is 13.0. The van der Waals surface area contributed by atoms with Gasteiger partial charge in [-0.1, -0.05) is 19.1 Å². The lowest BCUT2D eigenvalue weighted by molar-refractivity contribution is -0.121. The lowest BCUT2D eigenvalue weighted by Crippen LogP contribution is -2.31. The predicted octanol–water partition coefficient (Wildman–Crippen LogP) is 3.61. The second kappa shape index (κ2) is 8.79. The number of carboxylic acid groups (broad SMARTS) is 1. The molecule has 0 unspecified atom stereocenters. The fourth-order valence-corrected chi connectivity index (χ4v) is 5.22. The fraction of sp³-hybridized carbons (Fsp3) is 0.300. The molecule has 0 radical (unpaired) electrons. The number of aromatic carboxylic acids is 1. The van der Waals surface area contributed by atoms with Crippen molar-refractivity contribution < 1.29 is 29.0 Å². The first kappa shape index (κ1) is 21.1. The van der Waals surface area contributed by atoms with Crippen molar-refractivity contribution in [1.82, 2.24) is 0 Å². The van der Waals surface area contributed by atoms with Crippen LogP contribution >= 0.6 is 23.1 Å². The van der Waals surface area contributed by atoms with Crippen molar-refractivity contribution in [2.75, 3.05) is 11.5 Å². The zero-order valence-electron chi connectivity index (χ0n) is 15.8. The van der Waals surface area contributed by atoms with Crippen LogP contribution in [-0.4, -0.2) is 40.7 Å². The Morgan fingerprint density at radius 1 is 1.24 bits per heavy atom. The molecule has 0 saturated carbocycles. The average Bonchev–Trinajstić information content (AvgIpc) is 3.23. The molecular weight excluding hydrogens is 414 g/mol. The molecule has 1 N–H and O–H groups in total. The van der Waals surface area contributed by atoms with E-state index in [1.54, 1.807) is 31.2 Å². The number of aryl methyl sites for hydroxylation is 1. The van der Waals surface area contributed by atoms with E-state index < -0.39 is 29.0 Å². The van der Waals surface area contributed by atoms with E-state index in [0.29, 0.717) is 11.3 Å². The van der Waals surface area contributed by atoms with Crippen LogP contribution in [0.4, 0.5) is 5.00 Å². The van der Waals surface area contributed by atoms with Gasteiger partial charge in [0.25, 0.3) is 0 Å². The Bertz CT molecular complexity index is 983. The smallest absolute Gasteiger partial charge is 0.341 e. The van der Waals surface area contributed by atoms with Crippen molar-refractivity contribution in [3.63, 3.8) is 0 Å². The minimum Gasteiger partial charge on any atom is -0.478 e. The molecule has 0 bridgehead atoms. The van der Waals surface area contributed by atoms with E-state index >= 15 is 0 Å². The molecule has 2 amide bonds. The van der Waals surface area contributed by atoms with Crippen LogP contribution in [0.5, 0.6) is 0 Å². The summed E-state index contributed by atoms with van der Waals surface area (Å²) in [6.45, 7) is 3.78. The lowest BCUT2D eigenvalue weighted by Gasteiger charge is -2.15. The third-order valence-electron chi connectivity index (χ3n) is 4.30. The molecule has 1 atom stereocenters. The van der Waals surface area contributed by atoms with Crippen molar-refractivity contribution in [3.05, 3.63) is 46.3 Å². The third kappa shape index (κ3) is 4.20. The number of thiophene rings is 1. The van der Waals surface area contributed by atoms with Crippen molar-refractivity contribution in [2.45, 2.75) is 36.8 Å². The minimum atomic E-state index is -1.10. The van der Waals surface area contributed by atoms with Gasteiger partial charge in [0.2, 0.25) is 11.8 Å². The van der Waals surface area contributed by atoms with Gasteiger partial charge in [-0.3, -0.25) is 9.59 Å². The Morgan fingerprint density at radius 3 is 2.62 bits per heavy atom. The summed E-state index contributed by atoms with van der Waals surface area (Å²) in [7, 11) is 0. The van der Waals surface area contributed by atoms with Gasteiger partial charge in [-0.25, -0.2) is 14.5 Å². The maximum Gasteiger partial charge on any atom is 0.341 e. The first-order valence-corrected chi connectivity index (χ1v) is 10.7. The van der Waals surface area contributed by atoms with Crippen LogP contribution in [-0.2, 0) is 20.7 Å². The summed E-state index contributed by atoms with van der Waals surface area (Å²) in [6, 6.07) is 8.00. The highest BCUT2D eigenvalue weighted by Crippen LogP contribution is 2.40. The summed E-state index contributed by atoms with van der Waals surface area (Å²) in [6.07, 6.45) is 0.580. The number of carboxylic acids is 1. The summed E-state index contributed by atoms with van der Waals surface area (Å²) >= 11 is 2.26. The number of amides is 2. The van der Waals surface area contributed by atoms with Gasteiger partial charge in [0.15, 0.2) is 0 Å². The van der Waals surface area contributed by atoms with E-state index in [0.717, 1.165) is 21.5 Å². The Morgan fingerprint density at radius 2 is 1.97 bits per heavy atom. The normalized spacial score (nSPS) is 16.3. The molecule has 1 saturated heterocycles. The van der Waals surface area contributed by atoms with Crippen molar-refractivity contribution in [2.24, 2.45) is 0 Å². The largest absolute Gasteiger partial charge is 0.478 e. The van der Waals surface area contributed by atoms with E-state index in [4.69, 9.17) is 4.74 Å². The zero-order valence-corrected chi connectivity index (χ0v) is 17.5. The first-order chi connectivity index (χ1) is 13.9. The van der Waals surface area contributed by atoms with E-state index in [1.807, 2.05) is 6.92 Å². The van der Waals surface area contributed by atoms with Crippen LogP contribution < -0.4 is 4.90 Å². The van der Waals surface area contributed by atoms with Gasteiger partial charge in [-0.2, -0.15) is 0 Å². The molecule has 1 aliphatic rings. The molecule has 1 aromatic heterocycles. The van der Waals surface area contributed by atoms with Gasteiger partial charge in [0.05, 0.1) is 23.0 Å². The lowest BCUT2D eigenvalue weighted by atomic mass is 10.2. The molecule has 7 nitrogen and oxygen atoms in total. The van der Waals surface area contributed by atoms with E-state index in [2.05, 4.69) is 0 Å². The van der Waals surface area contributed by atoms with Gasteiger partial charge in [-0.15, -0.1) is 23.1 Å². The number of rotatable bonds is 7. The molecule has 2 heterocycles. The number of nitrogens with zero attached hydrogens (tertiary/aromatic N) is 1. The first-order valence-electron chi connectivity index (χ1n) is 9.02. The molecule has 29 heavy (non-hydrogen) atoms. The molecule has 1 aliphatic heterocycles. The topological polar surface area (TPSA) is 101 Å². The molecule has 1 fully saturated rings. The Kier molecular flexibility index (Phi) is 6.39. The second-order valence-corrected chi connectivity index (χ2v) is 8.54. The number of carbonyl (C=O) groups is 4. The molecular formula is C20H19NO6S2. The van der Waals surface area contributed by atoms with Crippen LogP contribution in [0.15, 0.2) is 35.2 Å². The number of ether oxygens (including phenoxy) is 1.